The number of hydrogen-bond acceptors (Lipinski definition) is 6. The smallest absolute Gasteiger partial charge is 0.317 e. The van der Waals surface area contributed by atoms with Crippen molar-refractivity contribution in [2.45, 2.75) is 19.1 Å². The number of aliphatic hydroxyl groups is 1. The predicted molar refractivity (Wildman–Crippen MR) is 67.6 cm³/mol. The zero-order valence-electron chi connectivity index (χ0n) is 10.5. The first kappa shape index (κ1) is 15.4. The third kappa shape index (κ3) is 3.67. The van der Waals surface area contributed by atoms with E-state index >= 15 is 0 Å². The Kier molecular flexibility index (Phi) is 5.45. The molecule has 1 rings (SSSR count). The monoisotopic (exact) mass is 280 g/mol. The summed E-state index contributed by atoms with van der Waals surface area (Å²) in [5.41, 5.74) is 8.47. The van der Waals surface area contributed by atoms with Crippen LogP contribution in [0, 0.1) is 10.1 Å². The molecule has 1 aromatic carbocycles. The molecular weight excluding hydrogens is 268 g/mol. The zero-order valence-corrected chi connectivity index (χ0v) is 10.5. The number of non-ortho nitro benzene ring substituents is 1. The van der Waals surface area contributed by atoms with Gasteiger partial charge < -0.3 is 9.84 Å². The van der Waals surface area contributed by atoms with Gasteiger partial charge in [0.2, 0.25) is 0 Å². The van der Waals surface area contributed by atoms with Crippen LogP contribution in [0.4, 0.5) is 5.69 Å². The first-order valence-corrected chi connectivity index (χ1v) is 5.64. The van der Waals surface area contributed by atoms with Crippen molar-refractivity contribution in [2.75, 3.05) is 6.61 Å². The molecule has 9 nitrogen and oxygen atoms in total. The van der Waals surface area contributed by atoms with E-state index in [4.69, 9.17) is 5.53 Å². The van der Waals surface area contributed by atoms with Crippen LogP contribution >= 0.6 is 0 Å². The van der Waals surface area contributed by atoms with Crippen molar-refractivity contribution in [1.82, 2.24) is 0 Å². The Balaban J connectivity index is 2.99. The Labute approximate surface area is 113 Å². The Hall–Kier alpha value is -2.64. The Morgan fingerprint density at radius 2 is 2.15 bits per heavy atom. The first-order valence-electron chi connectivity index (χ1n) is 5.64. The highest BCUT2D eigenvalue weighted by atomic mass is 16.6. The molecular formula is C11H12N4O5. The summed E-state index contributed by atoms with van der Waals surface area (Å²) in [4.78, 5) is 24.0. The van der Waals surface area contributed by atoms with Gasteiger partial charge in [0.15, 0.2) is 6.04 Å². The van der Waals surface area contributed by atoms with Gasteiger partial charge in [0.1, 0.15) is 0 Å². The van der Waals surface area contributed by atoms with Crippen LogP contribution in [0.25, 0.3) is 10.4 Å². The second-order valence-corrected chi connectivity index (χ2v) is 3.70. The predicted octanol–water partition coefficient (Wildman–Crippen LogP) is 1.87. The average molecular weight is 280 g/mol. The molecule has 0 aliphatic carbocycles. The summed E-state index contributed by atoms with van der Waals surface area (Å²) < 4.78 is 4.69. The molecule has 0 heterocycles. The second-order valence-electron chi connectivity index (χ2n) is 3.70. The highest BCUT2D eigenvalue weighted by Gasteiger charge is 2.28. The van der Waals surface area contributed by atoms with Crippen LogP contribution in [-0.2, 0) is 9.53 Å². The maximum absolute atomic E-state index is 11.6. The van der Waals surface area contributed by atoms with E-state index in [9.17, 15) is 20.0 Å². The van der Waals surface area contributed by atoms with E-state index in [0.29, 0.717) is 0 Å². The zero-order chi connectivity index (χ0) is 15.1. The maximum Gasteiger partial charge on any atom is 0.317 e. The molecule has 0 aliphatic rings. The van der Waals surface area contributed by atoms with Gasteiger partial charge in [0.25, 0.3) is 5.69 Å². The lowest BCUT2D eigenvalue weighted by Crippen LogP contribution is -2.28. The fourth-order valence-corrected chi connectivity index (χ4v) is 1.50. The number of nitrogens with zero attached hydrogens (tertiary/aromatic N) is 4. The van der Waals surface area contributed by atoms with Crippen LogP contribution in [0.1, 0.15) is 18.6 Å². The highest BCUT2D eigenvalue weighted by Crippen LogP contribution is 2.23. The summed E-state index contributed by atoms with van der Waals surface area (Å²) in [5, 5.41) is 23.7. The molecule has 1 aromatic rings. The maximum atomic E-state index is 11.6. The van der Waals surface area contributed by atoms with Crippen LogP contribution in [0.2, 0.25) is 0 Å². The number of ether oxygens (including phenoxy) is 1. The lowest BCUT2D eigenvalue weighted by Gasteiger charge is -2.17. The van der Waals surface area contributed by atoms with E-state index in [1.807, 2.05) is 0 Å². The van der Waals surface area contributed by atoms with Crippen molar-refractivity contribution in [3.05, 3.63) is 50.4 Å². The topological polar surface area (TPSA) is 138 Å². The summed E-state index contributed by atoms with van der Waals surface area (Å²) in [6.45, 7) is 1.65. The lowest BCUT2D eigenvalue weighted by atomic mass is 10.0. The van der Waals surface area contributed by atoms with Gasteiger partial charge in [0.05, 0.1) is 17.6 Å². The third-order valence-corrected chi connectivity index (χ3v) is 2.45. The fraction of sp³-hybridized carbons (Fsp3) is 0.364. The van der Waals surface area contributed by atoms with Crippen molar-refractivity contribution in [2.24, 2.45) is 5.11 Å². The number of carbonyl (C=O) groups excluding carboxylic acids is 1. The van der Waals surface area contributed by atoms with Gasteiger partial charge in [-0.3, -0.25) is 14.9 Å². The quantitative estimate of drug-likeness (QED) is 0.211. The normalized spacial score (nSPS) is 12.9. The van der Waals surface area contributed by atoms with Crippen LogP contribution in [0.5, 0.6) is 0 Å². The number of azide groups is 1. The van der Waals surface area contributed by atoms with Crippen LogP contribution in [-0.4, -0.2) is 28.6 Å². The Bertz CT molecular complexity index is 538. The van der Waals surface area contributed by atoms with E-state index in [0.717, 1.165) is 0 Å². The Morgan fingerprint density at radius 1 is 1.55 bits per heavy atom. The molecule has 9 heteroatoms. The molecule has 0 spiro atoms. The molecule has 0 aromatic heterocycles. The number of esters is 1. The molecule has 0 radical (unpaired) electrons. The summed E-state index contributed by atoms with van der Waals surface area (Å²) in [7, 11) is 0. The van der Waals surface area contributed by atoms with Crippen molar-refractivity contribution in [3.8, 4) is 0 Å². The molecule has 0 fully saturated rings. The van der Waals surface area contributed by atoms with E-state index in [1.165, 1.54) is 24.3 Å². The summed E-state index contributed by atoms with van der Waals surface area (Å²) >= 11 is 0. The fourth-order valence-electron chi connectivity index (χ4n) is 1.50. The van der Waals surface area contributed by atoms with Crippen LogP contribution in [0.15, 0.2) is 29.4 Å². The largest absolute Gasteiger partial charge is 0.466 e. The minimum absolute atomic E-state index is 0.0727. The van der Waals surface area contributed by atoms with Gasteiger partial charge in [-0.1, -0.05) is 5.11 Å². The van der Waals surface area contributed by atoms with Gasteiger partial charge in [-0.05, 0) is 30.2 Å². The number of aliphatic hydroxyl groups excluding tert-OH is 1. The summed E-state index contributed by atoms with van der Waals surface area (Å²) in [5.74, 6) is -0.865. The lowest BCUT2D eigenvalue weighted by molar-refractivity contribution is -0.384. The molecule has 0 bridgehead atoms. The number of carbonyl (C=O) groups is 1. The summed E-state index contributed by atoms with van der Waals surface area (Å²) in [6.07, 6.45) is -1.44. The molecule has 0 saturated heterocycles. The molecule has 106 valence electrons. The molecule has 1 N–H and O–H groups in total. The average Bonchev–Trinajstić information content (AvgIpc) is 2.44. The second kappa shape index (κ2) is 7.07. The molecule has 0 amide bonds. The van der Waals surface area contributed by atoms with E-state index in [-0.39, 0.29) is 17.9 Å². The molecule has 20 heavy (non-hydrogen) atoms. The van der Waals surface area contributed by atoms with Gasteiger partial charge in [-0.2, -0.15) is 0 Å². The van der Waals surface area contributed by atoms with E-state index in [1.54, 1.807) is 6.92 Å². The number of benzene rings is 1. The SMILES string of the molecule is CCOC(=O)C(N=[N+]=[N-])C(O)c1ccc([N+](=O)[O-])cc1. The third-order valence-electron chi connectivity index (χ3n) is 2.45. The van der Waals surface area contributed by atoms with Gasteiger partial charge in [0, 0.05) is 17.0 Å². The Morgan fingerprint density at radius 3 is 2.60 bits per heavy atom. The number of hydrogen-bond donors (Lipinski definition) is 1. The van der Waals surface area contributed by atoms with Crippen molar-refractivity contribution < 1.29 is 19.6 Å². The van der Waals surface area contributed by atoms with Crippen LogP contribution < -0.4 is 0 Å². The van der Waals surface area contributed by atoms with E-state index in [2.05, 4.69) is 14.8 Å². The minimum Gasteiger partial charge on any atom is -0.466 e. The molecule has 2 unspecified atom stereocenters. The summed E-state index contributed by atoms with van der Waals surface area (Å²) in [6, 6.07) is 3.47. The van der Waals surface area contributed by atoms with Crippen LogP contribution in [0.3, 0.4) is 0 Å². The van der Waals surface area contributed by atoms with Gasteiger partial charge in [-0.25, -0.2) is 0 Å². The van der Waals surface area contributed by atoms with Crippen molar-refractivity contribution >= 4 is 11.7 Å². The number of nitro groups is 1. The van der Waals surface area contributed by atoms with Crippen molar-refractivity contribution in [1.29, 1.82) is 0 Å². The van der Waals surface area contributed by atoms with E-state index < -0.39 is 23.0 Å². The van der Waals surface area contributed by atoms with Gasteiger partial charge >= 0.3 is 5.97 Å². The number of nitro benzene ring substituents is 1. The first-order chi connectivity index (χ1) is 9.51. The standard InChI is InChI=1S/C11H12N4O5/c1-2-20-11(17)9(13-14-12)10(16)7-3-5-8(6-4-7)15(18)19/h3-6,9-10,16H,2H2,1H3. The number of rotatable bonds is 6. The molecule has 0 saturated carbocycles. The minimum atomic E-state index is -1.44. The highest BCUT2D eigenvalue weighted by molar-refractivity contribution is 5.77. The molecule has 2 atom stereocenters. The molecule has 0 aliphatic heterocycles. The van der Waals surface area contributed by atoms with Crippen molar-refractivity contribution in [3.63, 3.8) is 0 Å². The van der Waals surface area contributed by atoms with Gasteiger partial charge in [-0.15, -0.1) is 0 Å².